The molecule has 0 radical (unpaired) electrons. The summed E-state index contributed by atoms with van der Waals surface area (Å²) in [6, 6.07) is 21.1. The number of nitrogens with zero attached hydrogens (tertiary/aromatic N) is 2. The number of benzene rings is 4. The zero-order chi connectivity index (χ0) is 30.7. The lowest BCUT2D eigenvalue weighted by Crippen LogP contribution is -2.34. The standard InChI is InChI=1S/C37H38N2O6/c1-38-12-10-24-17-26(20-40)32-19-28(24)29(38)15-23-6-9-31(41-3)33(16-23)44-27-7-4-22(5-8-27)14-30-35-25(11-13-39(30)2)18-34-36(37(35)45-32)43-21-42-34/h4-9,16-19,29-30,40H,10-15,20-21H2,1-3H3/t29-,30+/m1/s1. The van der Waals surface area contributed by atoms with E-state index in [0.717, 1.165) is 61.2 Å². The lowest BCUT2D eigenvalue weighted by molar-refractivity contribution is 0.171. The summed E-state index contributed by atoms with van der Waals surface area (Å²) in [6.07, 6.45) is 3.34. The Labute approximate surface area is 263 Å². The van der Waals surface area contributed by atoms with Crippen LogP contribution in [0.25, 0.3) is 0 Å². The minimum Gasteiger partial charge on any atom is -0.493 e. The molecule has 8 heteroatoms. The molecule has 9 rings (SSSR count). The van der Waals surface area contributed by atoms with Crippen molar-refractivity contribution < 1.29 is 28.8 Å². The van der Waals surface area contributed by atoms with Crippen LogP contribution in [-0.4, -0.2) is 56.0 Å². The second kappa shape index (κ2) is 11.3. The highest BCUT2D eigenvalue weighted by Crippen LogP contribution is 2.52. The maximum absolute atomic E-state index is 10.6. The molecule has 0 saturated carbocycles. The molecule has 0 aromatic heterocycles. The van der Waals surface area contributed by atoms with Crippen LogP contribution in [0.2, 0.25) is 0 Å². The lowest BCUT2D eigenvalue weighted by atomic mass is 9.87. The zero-order valence-electron chi connectivity index (χ0n) is 26.0. The van der Waals surface area contributed by atoms with E-state index >= 15 is 0 Å². The van der Waals surface area contributed by atoms with Crippen LogP contribution in [-0.2, 0) is 32.3 Å². The zero-order valence-corrected chi connectivity index (χ0v) is 26.0. The third-order valence-electron chi connectivity index (χ3n) is 9.91. The lowest BCUT2D eigenvalue weighted by Gasteiger charge is -2.37. The van der Waals surface area contributed by atoms with E-state index in [2.05, 4.69) is 66.4 Å². The number of likely N-dealkylation sites (N-methyl/N-ethyl adjacent to an activating group) is 2. The van der Waals surface area contributed by atoms with Crippen LogP contribution in [0.4, 0.5) is 0 Å². The predicted octanol–water partition coefficient (Wildman–Crippen LogP) is 6.36. The minimum atomic E-state index is -0.119. The summed E-state index contributed by atoms with van der Waals surface area (Å²) in [4.78, 5) is 4.79. The van der Waals surface area contributed by atoms with Gasteiger partial charge in [-0.05, 0) is 110 Å². The van der Waals surface area contributed by atoms with E-state index < -0.39 is 0 Å². The molecule has 4 aromatic rings. The van der Waals surface area contributed by atoms with Gasteiger partial charge in [0, 0.05) is 36.3 Å². The van der Waals surface area contributed by atoms with E-state index in [9.17, 15) is 5.11 Å². The second-order valence-electron chi connectivity index (χ2n) is 12.6. The molecule has 232 valence electrons. The Bertz CT molecular complexity index is 1770. The Morgan fingerprint density at radius 1 is 0.756 bits per heavy atom. The van der Waals surface area contributed by atoms with Crippen molar-refractivity contribution in [2.75, 3.05) is 41.1 Å². The first-order valence-electron chi connectivity index (χ1n) is 15.7. The quantitative estimate of drug-likeness (QED) is 0.283. The van der Waals surface area contributed by atoms with Gasteiger partial charge in [-0.2, -0.15) is 0 Å². The summed E-state index contributed by atoms with van der Waals surface area (Å²) in [5.41, 5.74) is 7.88. The number of hydrogen-bond donors (Lipinski definition) is 1. The van der Waals surface area contributed by atoms with Gasteiger partial charge in [-0.25, -0.2) is 0 Å². The Hall–Kier alpha value is -4.24. The largest absolute Gasteiger partial charge is 0.493 e. The van der Waals surface area contributed by atoms with E-state index in [1.54, 1.807) is 7.11 Å². The van der Waals surface area contributed by atoms with Gasteiger partial charge in [0.05, 0.1) is 13.7 Å². The van der Waals surface area contributed by atoms with Gasteiger partial charge in [-0.3, -0.25) is 9.80 Å². The van der Waals surface area contributed by atoms with Gasteiger partial charge in [0.1, 0.15) is 11.5 Å². The molecule has 0 amide bonds. The summed E-state index contributed by atoms with van der Waals surface area (Å²) in [5.74, 6) is 4.85. The minimum absolute atomic E-state index is 0.0507. The monoisotopic (exact) mass is 606 g/mol. The highest BCUT2D eigenvalue weighted by molar-refractivity contribution is 5.64. The number of rotatable bonds is 2. The number of methoxy groups -OCH3 is 1. The first-order valence-corrected chi connectivity index (χ1v) is 15.7. The SMILES string of the molecule is COc1ccc2cc1Oc1ccc(cc1)C[C@H]1c3c(cc4c(c3Oc3cc5c(cc3CO)CCN(C)[C@@H]5C2)OCO4)CCN1C. The van der Waals surface area contributed by atoms with Gasteiger partial charge in [0.2, 0.25) is 12.5 Å². The van der Waals surface area contributed by atoms with Crippen LogP contribution in [0.5, 0.6) is 40.2 Å². The summed E-state index contributed by atoms with van der Waals surface area (Å²) < 4.78 is 31.1. The molecule has 8 nitrogen and oxygen atoms in total. The first-order chi connectivity index (χ1) is 22.0. The molecule has 0 spiro atoms. The van der Waals surface area contributed by atoms with Crippen molar-refractivity contribution in [3.8, 4) is 40.2 Å². The van der Waals surface area contributed by atoms with Crippen LogP contribution in [0, 0.1) is 0 Å². The molecular weight excluding hydrogens is 568 g/mol. The van der Waals surface area contributed by atoms with E-state index in [-0.39, 0.29) is 25.5 Å². The maximum atomic E-state index is 10.6. The summed E-state index contributed by atoms with van der Waals surface area (Å²) >= 11 is 0. The molecule has 6 bridgehead atoms. The van der Waals surface area contributed by atoms with E-state index in [1.807, 2.05) is 18.2 Å². The number of aliphatic hydroxyl groups excluding tert-OH is 1. The summed E-state index contributed by atoms with van der Waals surface area (Å²) in [6.45, 7) is 1.88. The van der Waals surface area contributed by atoms with Crippen molar-refractivity contribution in [3.05, 3.63) is 99.6 Å². The molecular formula is C37H38N2O6. The molecule has 4 aromatic carbocycles. The normalized spacial score (nSPS) is 20.4. The highest BCUT2D eigenvalue weighted by atomic mass is 16.7. The van der Waals surface area contributed by atoms with Gasteiger partial charge >= 0.3 is 0 Å². The second-order valence-corrected chi connectivity index (χ2v) is 12.6. The fourth-order valence-electron chi connectivity index (χ4n) is 7.38. The Morgan fingerprint density at radius 2 is 1.51 bits per heavy atom. The predicted molar refractivity (Wildman–Crippen MR) is 170 cm³/mol. The molecule has 2 atom stereocenters. The van der Waals surface area contributed by atoms with Crippen LogP contribution in [0.3, 0.4) is 0 Å². The van der Waals surface area contributed by atoms with Crippen molar-refractivity contribution in [2.24, 2.45) is 0 Å². The highest BCUT2D eigenvalue weighted by Gasteiger charge is 2.36. The Balaban J connectivity index is 1.34. The third kappa shape index (κ3) is 4.97. The molecule has 0 aliphatic carbocycles. The number of aliphatic hydroxyl groups is 1. The third-order valence-corrected chi connectivity index (χ3v) is 9.91. The average Bonchev–Trinajstić information content (AvgIpc) is 3.53. The summed E-state index contributed by atoms with van der Waals surface area (Å²) in [5, 5.41) is 10.6. The van der Waals surface area contributed by atoms with E-state index in [4.69, 9.17) is 23.7 Å². The fourth-order valence-corrected chi connectivity index (χ4v) is 7.38. The van der Waals surface area contributed by atoms with E-state index in [1.165, 1.54) is 22.3 Å². The average molecular weight is 607 g/mol. The number of fused-ring (bicyclic) bond motifs is 3. The van der Waals surface area contributed by atoms with Crippen molar-refractivity contribution >= 4 is 0 Å². The summed E-state index contributed by atoms with van der Waals surface area (Å²) in [7, 11) is 6.02. The van der Waals surface area contributed by atoms with Gasteiger partial charge < -0.3 is 28.8 Å². The van der Waals surface area contributed by atoms with Crippen LogP contribution in [0.1, 0.15) is 51.0 Å². The molecule has 0 unspecified atom stereocenters. The van der Waals surface area contributed by atoms with Crippen LogP contribution >= 0.6 is 0 Å². The van der Waals surface area contributed by atoms with Crippen molar-refractivity contribution in [1.29, 1.82) is 0 Å². The Kier molecular flexibility index (Phi) is 7.08. The Morgan fingerprint density at radius 3 is 2.31 bits per heavy atom. The number of hydrogen-bond acceptors (Lipinski definition) is 8. The van der Waals surface area contributed by atoms with Gasteiger partial charge in [0.15, 0.2) is 23.0 Å². The van der Waals surface area contributed by atoms with Crippen molar-refractivity contribution in [1.82, 2.24) is 9.80 Å². The first kappa shape index (κ1) is 28.2. The topological polar surface area (TPSA) is 72.9 Å². The fraction of sp³-hybridized carbons (Fsp3) is 0.351. The molecule has 5 aliphatic rings. The van der Waals surface area contributed by atoms with Gasteiger partial charge in [-0.1, -0.05) is 18.2 Å². The molecule has 0 saturated heterocycles. The molecule has 0 fully saturated rings. The molecule has 5 aliphatic heterocycles. The number of ether oxygens (including phenoxy) is 5. The molecule has 1 N–H and O–H groups in total. The van der Waals surface area contributed by atoms with E-state index in [0.29, 0.717) is 34.5 Å². The van der Waals surface area contributed by atoms with Gasteiger partial charge in [0.25, 0.3) is 0 Å². The molecule has 45 heavy (non-hydrogen) atoms. The van der Waals surface area contributed by atoms with Crippen LogP contribution in [0.15, 0.2) is 60.7 Å². The maximum Gasteiger partial charge on any atom is 0.231 e. The van der Waals surface area contributed by atoms with Gasteiger partial charge in [-0.15, -0.1) is 0 Å². The van der Waals surface area contributed by atoms with Crippen molar-refractivity contribution in [3.63, 3.8) is 0 Å². The van der Waals surface area contributed by atoms with Crippen LogP contribution < -0.4 is 23.7 Å². The smallest absolute Gasteiger partial charge is 0.231 e. The van der Waals surface area contributed by atoms with Crippen molar-refractivity contribution in [2.45, 2.75) is 44.4 Å². The molecule has 5 heterocycles.